The van der Waals surface area contributed by atoms with Gasteiger partial charge in [-0.05, 0) is 29.8 Å². The smallest absolute Gasteiger partial charge is 0.222 e. The first-order chi connectivity index (χ1) is 12.5. The molecular formula is C18H13F2N5O. The highest BCUT2D eigenvalue weighted by molar-refractivity contribution is 5.73. The molecule has 0 aliphatic carbocycles. The molecule has 0 atom stereocenters. The number of nitrogens with two attached hydrogens (primary N) is 2. The zero-order valence-electron chi connectivity index (χ0n) is 13.4. The summed E-state index contributed by atoms with van der Waals surface area (Å²) < 4.78 is 31.8. The van der Waals surface area contributed by atoms with Crippen LogP contribution in [0, 0.1) is 23.0 Å². The Kier molecular flexibility index (Phi) is 4.62. The molecule has 8 heteroatoms. The van der Waals surface area contributed by atoms with E-state index in [1.807, 2.05) is 6.07 Å². The Morgan fingerprint density at radius 1 is 1.04 bits per heavy atom. The molecule has 1 aromatic heterocycles. The average Bonchev–Trinajstić information content (AvgIpc) is 2.62. The molecule has 3 rings (SSSR count). The fourth-order valence-corrected chi connectivity index (χ4v) is 2.34. The zero-order chi connectivity index (χ0) is 18.7. The first kappa shape index (κ1) is 17.1. The van der Waals surface area contributed by atoms with Crippen molar-refractivity contribution >= 4 is 11.8 Å². The number of aromatic nitrogens is 2. The highest BCUT2D eigenvalue weighted by atomic mass is 19.2. The lowest BCUT2D eigenvalue weighted by Crippen LogP contribution is -2.05. The molecule has 0 amide bonds. The maximum Gasteiger partial charge on any atom is 0.222 e. The van der Waals surface area contributed by atoms with E-state index in [2.05, 4.69) is 9.97 Å². The molecule has 4 N–H and O–H groups in total. The Bertz CT molecular complexity index is 1020. The third kappa shape index (κ3) is 3.52. The molecule has 0 aliphatic rings. The van der Waals surface area contributed by atoms with E-state index in [0.717, 1.165) is 12.1 Å². The standard InChI is InChI=1S/C18H13F2N5O/c19-14-5-4-10(6-15(14)20)9-26-12-3-1-2-11(7-12)16-13(8-21)17(22)25-18(23)24-16/h1-7H,9H2,(H4,22,23,24,25). The second-order valence-corrected chi connectivity index (χ2v) is 5.37. The number of nitrogens with zero attached hydrogens (tertiary/aromatic N) is 3. The second kappa shape index (κ2) is 7.03. The van der Waals surface area contributed by atoms with Gasteiger partial charge < -0.3 is 16.2 Å². The molecular weight excluding hydrogens is 340 g/mol. The predicted octanol–water partition coefficient (Wildman–Crippen LogP) is 3.04. The van der Waals surface area contributed by atoms with Crippen molar-refractivity contribution in [1.82, 2.24) is 9.97 Å². The van der Waals surface area contributed by atoms with E-state index in [1.54, 1.807) is 24.3 Å². The summed E-state index contributed by atoms with van der Waals surface area (Å²) >= 11 is 0. The van der Waals surface area contributed by atoms with Gasteiger partial charge in [0.25, 0.3) is 0 Å². The topological polar surface area (TPSA) is 111 Å². The van der Waals surface area contributed by atoms with Gasteiger partial charge in [-0.15, -0.1) is 0 Å². The van der Waals surface area contributed by atoms with Gasteiger partial charge in [-0.3, -0.25) is 0 Å². The van der Waals surface area contributed by atoms with Crippen LogP contribution in [0.25, 0.3) is 11.3 Å². The van der Waals surface area contributed by atoms with Crippen LogP contribution in [0.3, 0.4) is 0 Å². The number of halogens is 2. The SMILES string of the molecule is N#Cc1c(N)nc(N)nc1-c1cccc(OCc2ccc(F)c(F)c2)c1. The van der Waals surface area contributed by atoms with Gasteiger partial charge in [0.05, 0.1) is 5.69 Å². The van der Waals surface area contributed by atoms with Crippen LogP contribution in [0.15, 0.2) is 42.5 Å². The molecule has 2 aromatic carbocycles. The molecule has 1 heterocycles. The number of nitriles is 1. The van der Waals surface area contributed by atoms with Crippen molar-refractivity contribution in [2.45, 2.75) is 6.61 Å². The number of rotatable bonds is 4. The molecule has 26 heavy (non-hydrogen) atoms. The number of nitrogen functional groups attached to an aromatic ring is 2. The molecule has 0 spiro atoms. The predicted molar refractivity (Wildman–Crippen MR) is 91.7 cm³/mol. The van der Waals surface area contributed by atoms with E-state index in [9.17, 15) is 14.0 Å². The van der Waals surface area contributed by atoms with Gasteiger partial charge in [-0.25, -0.2) is 13.8 Å². The minimum atomic E-state index is -0.939. The first-order valence-corrected chi connectivity index (χ1v) is 7.48. The summed E-state index contributed by atoms with van der Waals surface area (Å²) in [5.74, 6) is -1.47. The quantitative estimate of drug-likeness (QED) is 0.746. The largest absolute Gasteiger partial charge is 0.489 e. The summed E-state index contributed by atoms with van der Waals surface area (Å²) in [5, 5.41) is 9.27. The Labute approximate surface area is 147 Å². The molecule has 0 radical (unpaired) electrons. The highest BCUT2D eigenvalue weighted by Crippen LogP contribution is 2.28. The summed E-state index contributed by atoms with van der Waals surface area (Å²) in [5.41, 5.74) is 12.8. The Balaban J connectivity index is 1.87. The lowest BCUT2D eigenvalue weighted by molar-refractivity contribution is 0.305. The lowest BCUT2D eigenvalue weighted by atomic mass is 10.1. The molecule has 0 fully saturated rings. The minimum Gasteiger partial charge on any atom is -0.489 e. The van der Waals surface area contributed by atoms with Crippen LogP contribution >= 0.6 is 0 Å². The second-order valence-electron chi connectivity index (χ2n) is 5.37. The van der Waals surface area contributed by atoms with Gasteiger partial charge >= 0.3 is 0 Å². The lowest BCUT2D eigenvalue weighted by Gasteiger charge is -2.10. The summed E-state index contributed by atoms with van der Waals surface area (Å²) in [6.07, 6.45) is 0. The van der Waals surface area contributed by atoms with Gasteiger partial charge in [0.15, 0.2) is 11.6 Å². The Hall–Kier alpha value is -3.73. The number of hydrogen-bond acceptors (Lipinski definition) is 6. The third-order valence-corrected chi connectivity index (χ3v) is 3.56. The Morgan fingerprint density at radius 2 is 1.85 bits per heavy atom. The van der Waals surface area contributed by atoms with Crippen LogP contribution < -0.4 is 16.2 Å². The number of hydrogen-bond donors (Lipinski definition) is 2. The molecule has 3 aromatic rings. The summed E-state index contributed by atoms with van der Waals surface area (Å²) in [6, 6.07) is 12.2. The van der Waals surface area contributed by atoms with Gasteiger partial charge in [-0.2, -0.15) is 10.2 Å². The third-order valence-electron chi connectivity index (χ3n) is 3.56. The molecule has 130 valence electrons. The van der Waals surface area contributed by atoms with Crippen molar-refractivity contribution in [3.8, 4) is 23.1 Å². The van der Waals surface area contributed by atoms with Crippen molar-refractivity contribution in [2.75, 3.05) is 11.5 Å². The fraction of sp³-hybridized carbons (Fsp3) is 0.0556. The van der Waals surface area contributed by atoms with E-state index in [1.165, 1.54) is 6.07 Å². The molecule has 6 nitrogen and oxygen atoms in total. The average molecular weight is 353 g/mol. The van der Waals surface area contributed by atoms with Crippen LogP contribution in [-0.2, 0) is 6.61 Å². The number of ether oxygens (including phenoxy) is 1. The van der Waals surface area contributed by atoms with E-state index in [0.29, 0.717) is 16.9 Å². The van der Waals surface area contributed by atoms with Crippen LogP contribution in [0.5, 0.6) is 5.75 Å². The number of benzene rings is 2. The molecule has 0 unspecified atom stereocenters. The van der Waals surface area contributed by atoms with E-state index < -0.39 is 11.6 Å². The van der Waals surface area contributed by atoms with Crippen LogP contribution in [-0.4, -0.2) is 9.97 Å². The summed E-state index contributed by atoms with van der Waals surface area (Å²) in [7, 11) is 0. The van der Waals surface area contributed by atoms with Crippen LogP contribution in [0.4, 0.5) is 20.5 Å². The maximum absolute atomic E-state index is 13.3. The minimum absolute atomic E-state index is 0.0110. The first-order valence-electron chi connectivity index (χ1n) is 7.48. The van der Waals surface area contributed by atoms with Crippen molar-refractivity contribution in [3.05, 3.63) is 65.2 Å². The molecule has 0 saturated heterocycles. The fourth-order valence-electron chi connectivity index (χ4n) is 2.34. The highest BCUT2D eigenvalue weighted by Gasteiger charge is 2.14. The van der Waals surface area contributed by atoms with Gasteiger partial charge in [0, 0.05) is 5.56 Å². The molecule has 0 bridgehead atoms. The van der Waals surface area contributed by atoms with E-state index >= 15 is 0 Å². The van der Waals surface area contributed by atoms with E-state index in [4.69, 9.17) is 16.2 Å². The summed E-state index contributed by atoms with van der Waals surface area (Å²) in [4.78, 5) is 7.84. The van der Waals surface area contributed by atoms with Crippen LogP contribution in [0.1, 0.15) is 11.1 Å². The maximum atomic E-state index is 13.3. The van der Waals surface area contributed by atoms with Crippen molar-refractivity contribution in [1.29, 1.82) is 5.26 Å². The van der Waals surface area contributed by atoms with Gasteiger partial charge in [0.2, 0.25) is 5.95 Å². The zero-order valence-corrected chi connectivity index (χ0v) is 13.4. The van der Waals surface area contributed by atoms with Crippen molar-refractivity contribution < 1.29 is 13.5 Å². The van der Waals surface area contributed by atoms with E-state index in [-0.39, 0.29) is 29.6 Å². The summed E-state index contributed by atoms with van der Waals surface area (Å²) in [6.45, 7) is 0.0415. The molecule has 0 saturated carbocycles. The molecule has 0 aliphatic heterocycles. The number of anilines is 2. The van der Waals surface area contributed by atoms with Gasteiger partial charge in [-0.1, -0.05) is 18.2 Å². The monoisotopic (exact) mass is 353 g/mol. The normalized spacial score (nSPS) is 10.3. The van der Waals surface area contributed by atoms with Crippen LogP contribution in [0.2, 0.25) is 0 Å². The van der Waals surface area contributed by atoms with Crippen molar-refractivity contribution in [3.63, 3.8) is 0 Å². The van der Waals surface area contributed by atoms with Gasteiger partial charge in [0.1, 0.15) is 29.8 Å². The van der Waals surface area contributed by atoms with Crippen molar-refractivity contribution in [2.24, 2.45) is 0 Å². The Morgan fingerprint density at radius 3 is 2.58 bits per heavy atom.